The number of Topliss-reactive ketones (excluding diaryl/α,β-unsaturated/α-hetero) is 1. The van der Waals surface area contributed by atoms with Gasteiger partial charge in [-0.15, -0.1) is 0 Å². The first-order chi connectivity index (χ1) is 15.3. The van der Waals surface area contributed by atoms with Crippen LogP contribution in [0.2, 0.25) is 5.02 Å². The Bertz CT molecular complexity index is 1230. The number of aromatic nitrogens is 1. The maximum absolute atomic E-state index is 12.8. The van der Waals surface area contributed by atoms with Crippen LogP contribution in [0, 0.1) is 0 Å². The minimum Gasteiger partial charge on any atom is -0.427 e. The number of amides is 2. The first-order valence-electron chi connectivity index (χ1n) is 10.0. The van der Waals surface area contributed by atoms with Gasteiger partial charge in [0.15, 0.2) is 0 Å². The van der Waals surface area contributed by atoms with E-state index in [-0.39, 0.29) is 37.6 Å². The number of H-pyrrole nitrogens is 1. The Morgan fingerprint density at radius 1 is 0.969 bits per heavy atom. The highest BCUT2D eigenvalue weighted by Crippen LogP contribution is 2.27. The number of hydrogen-bond donors (Lipinski definition) is 1. The van der Waals surface area contributed by atoms with E-state index >= 15 is 0 Å². The summed E-state index contributed by atoms with van der Waals surface area (Å²) in [6.45, 7) is 2.32. The summed E-state index contributed by atoms with van der Waals surface area (Å²) in [5.74, 6) is -1.68. The topological polar surface area (TPSA) is 99.8 Å². The van der Waals surface area contributed by atoms with Crippen LogP contribution in [0.15, 0.2) is 48.7 Å². The molecule has 1 fully saturated rings. The molecule has 164 valence electrons. The average Bonchev–Trinajstić information content (AvgIpc) is 3.23. The van der Waals surface area contributed by atoms with E-state index in [4.69, 9.17) is 16.3 Å². The molecule has 4 rings (SSSR count). The number of esters is 1. The fourth-order valence-electron chi connectivity index (χ4n) is 3.73. The number of aromatic amines is 1. The molecule has 0 atom stereocenters. The Morgan fingerprint density at radius 2 is 1.66 bits per heavy atom. The van der Waals surface area contributed by atoms with E-state index < -0.39 is 17.7 Å². The Labute approximate surface area is 188 Å². The molecule has 1 aliphatic heterocycles. The number of piperazine rings is 1. The highest BCUT2D eigenvalue weighted by molar-refractivity contribution is 6.47. The normalized spacial score (nSPS) is 13.8. The molecule has 32 heavy (non-hydrogen) atoms. The van der Waals surface area contributed by atoms with Crippen molar-refractivity contribution in [3.05, 3.63) is 64.8 Å². The lowest BCUT2D eigenvalue weighted by Gasteiger charge is -2.34. The summed E-state index contributed by atoms with van der Waals surface area (Å²) in [6.07, 6.45) is 1.49. The highest BCUT2D eigenvalue weighted by Gasteiger charge is 2.30. The number of nitrogens with zero attached hydrogens (tertiary/aromatic N) is 2. The molecule has 0 radical (unpaired) electrons. The van der Waals surface area contributed by atoms with Crippen molar-refractivity contribution in [1.29, 1.82) is 0 Å². The Balaban J connectivity index is 1.42. The minimum absolute atomic E-state index is 0.232. The monoisotopic (exact) mass is 453 g/mol. The van der Waals surface area contributed by atoms with Crippen LogP contribution in [0.25, 0.3) is 10.9 Å². The molecule has 0 spiro atoms. The van der Waals surface area contributed by atoms with Crippen LogP contribution in [-0.4, -0.2) is 64.5 Å². The Morgan fingerprint density at radius 3 is 2.38 bits per heavy atom. The maximum Gasteiger partial charge on any atom is 0.308 e. The molecule has 0 saturated carbocycles. The van der Waals surface area contributed by atoms with Gasteiger partial charge < -0.3 is 19.5 Å². The molecule has 1 saturated heterocycles. The lowest BCUT2D eigenvalue weighted by molar-refractivity contribution is -0.132. The molecule has 0 aliphatic carbocycles. The third-order valence-corrected chi connectivity index (χ3v) is 5.61. The summed E-state index contributed by atoms with van der Waals surface area (Å²) in [5, 5.41) is 0.917. The zero-order valence-electron chi connectivity index (χ0n) is 17.3. The van der Waals surface area contributed by atoms with Gasteiger partial charge in [-0.25, -0.2) is 0 Å². The third kappa shape index (κ3) is 4.22. The number of ether oxygens (including phenoxy) is 1. The minimum atomic E-state index is -0.641. The smallest absolute Gasteiger partial charge is 0.308 e. The van der Waals surface area contributed by atoms with Gasteiger partial charge in [-0.2, -0.15) is 0 Å². The first-order valence-corrected chi connectivity index (χ1v) is 10.4. The van der Waals surface area contributed by atoms with Crippen LogP contribution in [0.5, 0.6) is 5.75 Å². The van der Waals surface area contributed by atoms with Gasteiger partial charge in [-0.05, 0) is 30.3 Å². The summed E-state index contributed by atoms with van der Waals surface area (Å²) in [4.78, 5) is 55.6. The molecule has 0 bridgehead atoms. The van der Waals surface area contributed by atoms with Crippen LogP contribution in [0.4, 0.5) is 0 Å². The van der Waals surface area contributed by atoms with E-state index in [1.165, 1.54) is 24.1 Å². The van der Waals surface area contributed by atoms with E-state index in [2.05, 4.69) is 4.98 Å². The van der Waals surface area contributed by atoms with Gasteiger partial charge in [-0.3, -0.25) is 19.2 Å². The van der Waals surface area contributed by atoms with Crippen LogP contribution >= 0.6 is 11.6 Å². The van der Waals surface area contributed by atoms with Crippen LogP contribution in [-0.2, 0) is 9.59 Å². The molecule has 8 nitrogen and oxygen atoms in total. The zero-order chi connectivity index (χ0) is 22.8. The molecule has 2 aromatic carbocycles. The van der Waals surface area contributed by atoms with Gasteiger partial charge in [0.1, 0.15) is 5.75 Å². The Kier molecular flexibility index (Phi) is 5.96. The molecule has 3 aromatic rings. The molecule has 1 aromatic heterocycles. The molecule has 2 heterocycles. The van der Waals surface area contributed by atoms with E-state index in [1.54, 1.807) is 41.3 Å². The predicted octanol–water partition coefficient (Wildman–Crippen LogP) is 2.91. The summed E-state index contributed by atoms with van der Waals surface area (Å²) >= 11 is 6.22. The molecule has 1 aliphatic rings. The molecular formula is C23H20ClN3O5. The van der Waals surface area contributed by atoms with Crippen molar-refractivity contribution in [2.24, 2.45) is 0 Å². The van der Waals surface area contributed by atoms with Crippen molar-refractivity contribution in [2.75, 3.05) is 26.2 Å². The quantitative estimate of drug-likeness (QED) is 0.283. The largest absolute Gasteiger partial charge is 0.427 e. The SMILES string of the molecule is CC(=O)Oc1cccc(C(=O)N2CCN(C(=O)C(=O)c3c[nH]c4cccc(Cl)c34)CC2)c1. The second-order valence-electron chi connectivity index (χ2n) is 7.40. The van der Waals surface area contributed by atoms with E-state index in [1.807, 2.05) is 0 Å². The highest BCUT2D eigenvalue weighted by atomic mass is 35.5. The zero-order valence-corrected chi connectivity index (χ0v) is 18.0. The molecule has 1 N–H and O–H groups in total. The number of nitrogens with one attached hydrogen (secondary N) is 1. The van der Waals surface area contributed by atoms with Gasteiger partial charge in [0.2, 0.25) is 0 Å². The van der Waals surface area contributed by atoms with E-state index in [0.29, 0.717) is 27.2 Å². The fourth-order valence-corrected chi connectivity index (χ4v) is 4.01. The second kappa shape index (κ2) is 8.84. The average molecular weight is 454 g/mol. The van der Waals surface area contributed by atoms with Crippen molar-refractivity contribution in [2.45, 2.75) is 6.92 Å². The third-order valence-electron chi connectivity index (χ3n) is 5.29. The number of carbonyl (C=O) groups excluding carboxylic acids is 4. The lowest BCUT2D eigenvalue weighted by atomic mass is 10.1. The van der Waals surface area contributed by atoms with E-state index in [9.17, 15) is 19.2 Å². The number of carbonyl (C=O) groups is 4. The second-order valence-corrected chi connectivity index (χ2v) is 7.81. The predicted molar refractivity (Wildman–Crippen MR) is 118 cm³/mol. The van der Waals surface area contributed by atoms with Crippen LogP contribution < -0.4 is 4.74 Å². The van der Waals surface area contributed by atoms with Crippen molar-refractivity contribution in [3.8, 4) is 5.75 Å². The molecule has 2 amide bonds. The molecular weight excluding hydrogens is 434 g/mol. The van der Waals surface area contributed by atoms with Gasteiger partial charge in [0.05, 0.1) is 10.6 Å². The van der Waals surface area contributed by atoms with Gasteiger partial charge >= 0.3 is 5.97 Å². The van der Waals surface area contributed by atoms with Crippen LogP contribution in [0.1, 0.15) is 27.6 Å². The lowest BCUT2D eigenvalue weighted by Crippen LogP contribution is -2.52. The molecule has 0 unspecified atom stereocenters. The number of rotatable bonds is 4. The summed E-state index contributed by atoms with van der Waals surface area (Å²) in [5.41, 5.74) is 1.30. The number of ketones is 1. The maximum atomic E-state index is 12.8. The number of fused-ring (bicyclic) bond motifs is 1. The summed E-state index contributed by atoms with van der Waals surface area (Å²) in [7, 11) is 0. The summed E-state index contributed by atoms with van der Waals surface area (Å²) < 4.78 is 5.03. The van der Waals surface area contributed by atoms with Gasteiger partial charge in [-0.1, -0.05) is 23.7 Å². The molecule has 9 heteroatoms. The van der Waals surface area contributed by atoms with Crippen LogP contribution in [0.3, 0.4) is 0 Å². The first kappa shape index (κ1) is 21.6. The van der Waals surface area contributed by atoms with Crippen molar-refractivity contribution >= 4 is 46.1 Å². The Hall–Kier alpha value is -3.65. The number of halogens is 1. The number of hydrogen-bond acceptors (Lipinski definition) is 5. The van der Waals surface area contributed by atoms with Crippen molar-refractivity contribution < 1.29 is 23.9 Å². The van der Waals surface area contributed by atoms with Gasteiger partial charge in [0.25, 0.3) is 17.6 Å². The standard InChI is InChI=1S/C23H20ClN3O5/c1-14(28)32-16-5-2-4-15(12-16)22(30)26-8-10-27(11-9-26)23(31)21(29)17-13-25-19-7-3-6-18(24)20(17)19/h2-7,12-13,25H,8-11H2,1H3. The van der Waals surface area contributed by atoms with Gasteiger partial charge in [0, 0.05) is 55.8 Å². The van der Waals surface area contributed by atoms with E-state index in [0.717, 1.165) is 0 Å². The van der Waals surface area contributed by atoms with Crippen molar-refractivity contribution in [3.63, 3.8) is 0 Å². The fraction of sp³-hybridized carbons (Fsp3) is 0.217. The summed E-state index contributed by atoms with van der Waals surface area (Å²) in [6, 6.07) is 11.6. The van der Waals surface area contributed by atoms with Crippen molar-refractivity contribution in [1.82, 2.24) is 14.8 Å². The number of benzene rings is 2.